The Bertz CT molecular complexity index is 1060. The zero-order chi connectivity index (χ0) is 20.3. The summed E-state index contributed by atoms with van der Waals surface area (Å²) in [6, 6.07) is 11.1. The summed E-state index contributed by atoms with van der Waals surface area (Å²) in [5.74, 6) is -3.24. The third-order valence-electron chi connectivity index (χ3n) is 3.62. The smallest absolute Gasteiger partial charge is 0.449 e. The van der Waals surface area contributed by atoms with Gasteiger partial charge in [-0.05, 0) is 24.3 Å². The Morgan fingerprint density at radius 1 is 1.07 bits per heavy atom. The molecule has 0 saturated carbocycles. The minimum absolute atomic E-state index is 0.0481. The van der Waals surface area contributed by atoms with Crippen molar-refractivity contribution in [3.05, 3.63) is 64.5 Å². The van der Waals surface area contributed by atoms with Gasteiger partial charge in [0, 0.05) is 12.6 Å². The molecular formula is C19H14F3NO5. The van der Waals surface area contributed by atoms with Crippen LogP contribution in [-0.2, 0) is 11.0 Å². The van der Waals surface area contributed by atoms with Gasteiger partial charge < -0.3 is 19.6 Å². The van der Waals surface area contributed by atoms with Crippen LogP contribution in [0.25, 0.3) is 11.0 Å². The molecule has 0 saturated heterocycles. The lowest BCUT2D eigenvalue weighted by Crippen LogP contribution is -2.16. The molecule has 0 unspecified atom stereocenters. The van der Waals surface area contributed by atoms with Crippen molar-refractivity contribution in [2.24, 2.45) is 5.73 Å². The maximum Gasteiger partial charge on any atom is 0.453 e. The molecule has 0 amide bonds. The number of nitrogens with two attached hydrogens (primary N) is 1. The average molecular weight is 393 g/mol. The van der Waals surface area contributed by atoms with E-state index in [9.17, 15) is 22.8 Å². The van der Waals surface area contributed by atoms with E-state index in [0.717, 1.165) is 6.07 Å². The fourth-order valence-corrected chi connectivity index (χ4v) is 2.41. The van der Waals surface area contributed by atoms with Crippen LogP contribution in [0.5, 0.6) is 17.2 Å². The van der Waals surface area contributed by atoms with Crippen molar-refractivity contribution in [3.63, 3.8) is 0 Å². The van der Waals surface area contributed by atoms with Crippen molar-refractivity contribution >= 4 is 16.9 Å². The van der Waals surface area contributed by atoms with Crippen molar-refractivity contribution in [2.45, 2.75) is 12.6 Å². The number of fused-ring (bicyclic) bond motifs is 1. The topological polar surface area (TPSA) is 91.8 Å². The Balaban J connectivity index is 2.11. The van der Waals surface area contributed by atoms with Crippen LogP contribution in [0.2, 0.25) is 0 Å². The predicted octanol–water partition coefficient (Wildman–Crippen LogP) is 3.86. The number of hydrogen-bond acceptors (Lipinski definition) is 6. The predicted molar refractivity (Wildman–Crippen MR) is 93.3 cm³/mol. The number of esters is 1. The molecule has 146 valence electrons. The van der Waals surface area contributed by atoms with Crippen molar-refractivity contribution in [1.82, 2.24) is 0 Å². The van der Waals surface area contributed by atoms with Crippen LogP contribution in [0.3, 0.4) is 0 Å². The van der Waals surface area contributed by atoms with E-state index in [1.54, 1.807) is 18.2 Å². The van der Waals surface area contributed by atoms with Gasteiger partial charge in [0.25, 0.3) is 5.76 Å². The number of carbonyl (C=O) groups is 1. The third-order valence-corrected chi connectivity index (χ3v) is 3.62. The van der Waals surface area contributed by atoms with Gasteiger partial charge in [-0.2, -0.15) is 13.2 Å². The number of hydrogen-bond donors (Lipinski definition) is 1. The van der Waals surface area contributed by atoms with Gasteiger partial charge in [-0.3, -0.25) is 9.59 Å². The summed E-state index contributed by atoms with van der Waals surface area (Å²) in [5, 5.41) is -0.155. The van der Waals surface area contributed by atoms with Gasteiger partial charge >= 0.3 is 12.1 Å². The average Bonchev–Trinajstić information content (AvgIpc) is 2.64. The van der Waals surface area contributed by atoms with Crippen molar-refractivity contribution in [2.75, 3.05) is 6.54 Å². The second-order valence-corrected chi connectivity index (χ2v) is 5.67. The summed E-state index contributed by atoms with van der Waals surface area (Å²) in [6.45, 7) is 0.0555. The molecular weight excluding hydrogens is 379 g/mol. The SMILES string of the molecule is NCCC(=O)Oc1ccc2c(=O)c(Oc3ccccc3)c(C(F)(F)F)oc2c1. The van der Waals surface area contributed by atoms with E-state index in [4.69, 9.17) is 19.6 Å². The van der Waals surface area contributed by atoms with Crippen LogP contribution in [0, 0.1) is 0 Å². The van der Waals surface area contributed by atoms with Gasteiger partial charge in [0.1, 0.15) is 17.1 Å². The van der Waals surface area contributed by atoms with Crippen LogP contribution in [0.4, 0.5) is 13.2 Å². The first-order valence-electron chi connectivity index (χ1n) is 8.11. The fourth-order valence-electron chi connectivity index (χ4n) is 2.41. The molecule has 1 aromatic heterocycles. The summed E-state index contributed by atoms with van der Waals surface area (Å²) >= 11 is 0. The fraction of sp³-hybridized carbons (Fsp3) is 0.158. The Morgan fingerprint density at radius 3 is 2.43 bits per heavy atom. The zero-order valence-corrected chi connectivity index (χ0v) is 14.3. The summed E-state index contributed by atoms with van der Waals surface area (Å²) in [7, 11) is 0. The molecule has 2 N–H and O–H groups in total. The molecule has 0 aliphatic carbocycles. The number of rotatable bonds is 5. The maximum absolute atomic E-state index is 13.5. The van der Waals surface area contributed by atoms with E-state index >= 15 is 0 Å². The lowest BCUT2D eigenvalue weighted by molar-refractivity contribution is -0.154. The molecule has 0 spiro atoms. The third kappa shape index (κ3) is 4.15. The molecule has 0 radical (unpaired) electrons. The van der Waals surface area contributed by atoms with E-state index in [2.05, 4.69) is 0 Å². The van der Waals surface area contributed by atoms with Crippen molar-refractivity contribution in [3.8, 4) is 17.2 Å². The van der Waals surface area contributed by atoms with Gasteiger partial charge in [0.15, 0.2) is 0 Å². The van der Waals surface area contributed by atoms with E-state index < -0.39 is 34.7 Å². The molecule has 0 fully saturated rings. The molecule has 0 aliphatic rings. The highest BCUT2D eigenvalue weighted by Gasteiger charge is 2.40. The minimum Gasteiger partial charge on any atom is -0.449 e. The quantitative estimate of drug-likeness (QED) is 0.523. The molecule has 0 aliphatic heterocycles. The molecule has 2 aromatic carbocycles. The van der Waals surface area contributed by atoms with Gasteiger partial charge in [0.2, 0.25) is 11.2 Å². The molecule has 6 nitrogen and oxygen atoms in total. The Kier molecular flexibility index (Phi) is 5.36. The van der Waals surface area contributed by atoms with E-state index in [-0.39, 0.29) is 29.9 Å². The van der Waals surface area contributed by atoms with Crippen LogP contribution in [-0.4, -0.2) is 12.5 Å². The van der Waals surface area contributed by atoms with Gasteiger partial charge in [0.05, 0.1) is 11.8 Å². The highest BCUT2D eigenvalue weighted by atomic mass is 19.4. The van der Waals surface area contributed by atoms with Crippen molar-refractivity contribution < 1.29 is 31.9 Å². The normalized spacial score (nSPS) is 11.4. The molecule has 3 aromatic rings. The minimum atomic E-state index is -4.98. The number of para-hydroxylation sites is 1. The first-order valence-corrected chi connectivity index (χ1v) is 8.11. The van der Waals surface area contributed by atoms with E-state index in [1.807, 2.05) is 0 Å². The number of benzene rings is 2. The molecule has 1 heterocycles. The molecule has 28 heavy (non-hydrogen) atoms. The Morgan fingerprint density at radius 2 is 1.79 bits per heavy atom. The summed E-state index contributed by atoms with van der Waals surface area (Å²) in [4.78, 5) is 24.1. The largest absolute Gasteiger partial charge is 0.453 e. The molecule has 3 rings (SSSR count). The molecule has 0 atom stereocenters. The Labute approximate surface area is 156 Å². The zero-order valence-electron chi connectivity index (χ0n) is 14.3. The number of ether oxygens (including phenoxy) is 2. The Hall–Kier alpha value is -3.33. The number of halogens is 3. The first kappa shape index (κ1) is 19.4. The molecule has 9 heteroatoms. The van der Waals surface area contributed by atoms with Crippen LogP contribution < -0.4 is 20.6 Å². The van der Waals surface area contributed by atoms with Gasteiger partial charge in [-0.1, -0.05) is 18.2 Å². The highest BCUT2D eigenvalue weighted by Crippen LogP contribution is 2.38. The van der Waals surface area contributed by atoms with Crippen LogP contribution >= 0.6 is 0 Å². The summed E-state index contributed by atoms with van der Waals surface area (Å²) < 4.78 is 55.4. The van der Waals surface area contributed by atoms with Crippen molar-refractivity contribution in [1.29, 1.82) is 0 Å². The summed E-state index contributed by atoms with van der Waals surface area (Å²) in [5.41, 5.74) is 3.85. The van der Waals surface area contributed by atoms with Gasteiger partial charge in [-0.15, -0.1) is 0 Å². The lowest BCUT2D eigenvalue weighted by Gasteiger charge is -2.13. The second-order valence-electron chi connectivity index (χ2n) is 5.67. The number of alkyl halides is 3. The first-order chi connectivity index (χ1) is 13.3. The van der Waals surface area contributed by atoms with E-state index in [1.165, 1.54) is 24.3 Å². The van der Waals surface area contributed by atoms with Gasteiger partial charge in [-0.25, -0.2) is 0 Å². The maximum atomic E-state index is 13.5. The van der Waals surface area contributed by atoms with E-state index in [0.29, 0.717) is 0 Å². The molecule has 0 bridgehead atoms. The monoisotopic (exact) mass is 393 g/mol. The number of carbonyl (C=O) groups excluding carboxylic acids is 1. The van der Waals surface area contributed by atoms with Crippen LogP contribution in [0.15, 0.2) is 57.7 Å². The standard InChI is InChI=1S/C19H14F3NO5/c20-19(21,22)18-17(27-11-4-2-1-3-5-11)16(25)13-7-6-12(10-14(13)28-18)26-15(24)8-9-23/h1-7,10H,8-9,23H2. The lowest BCUT2D eigenvalue weighted by atomic mass is 10.2. The second kappa shape index (κ2) is 7.73. The van der Waals surface area contributed by atoms with Crippen LogP contribution in [0.1, 0.15) is 12.2 Å². The highest BCUT2D eigenvalue weighted by molar-refractivity contribution is 5.81. The summed E-state index contributed by atoms with van der Waals surface area (Å²) in [6.07, 6.45) is -5.05.